The van der Waals surface area contributed by atoms with Gasteiger partial charge in [-0.05, 0) is 46.3 Å². The van der Waals surface area contributed by atoms with E-state index in [-0.39, 0.29) is 42.0 Å². The van der Waals surface area contributed by atoms with Gasteiger partial charge in [0.05, 0.1) is 0 Å². The molecular formula is C19H38IN7OS. The van der Waals surface area contributed by atoms with E-state index in [4.69, 9.17) is 0 Å². The fourth-order valence-electron chi connectivity index (χ4n) is 2.61. The summed E-state index contributed by atoms with van der Waals surface area (Å²) in [6.07, 6.45) is 3.78. The predicted molar refractivity (Wildman–Crippen MR) is 132 cm³/mol. The van der Waals surface area contributed by atoms with E-state index in [0.29, 0.717) is 11.9 Å². The van der Waals surface area contributed by atoms with Crippen LogP contribution in [0.15, 0.2) is 10.1 Å². The molecule has 0 fully saturated rings. The van der Waals surface area contributed by atoms with Gasteiger partial charge in [0, 0.05) is 31.6 Å². The summed E-state index contributed by atoms with van der Waals surface area (Å²) in [7, 11) is 0. The van der Waals surface area contributed by atoms with Gasteiger partial charge in [-0.15, -0.1) is 34.2 Å². The highest BCUT2D eigenvalue weighted by Gasteiger charge is 2.14. The largest absolute Gasteiger partial charge is 0.357 e. The van der Waals surface area contributed by atoms with Crippen LogP contribution in [0.2, 0.25) is 0 Å². The molecule has 0 bridgehead atoms. The van der Waals surface area contributed by atoms with E-state index in [1.807, 2.05) is 34.0 Å². The first-order valence-corrected chi connectivity index (χ1v) is 11.2. The van der Waals surface area contributed by atoms with E-state index in [2.05, 4.69) is 49.6 Å². The van der Waals surface area contributed by atoms with Crippen LogP contribution >= 0.6 is 35.7 Å². The quantitative estimate of drug-likeness (QED) is 0.139. The maximum absolute atomic E-state index is 11.9. The number of amides is 1. The molecule has 0 saturated carbocycles. The van der Waals surface area contributed by atoms with Gasteiger partial charge in [0.2, 0.25) is 5.91 Å². The average molecular weight is 540 g/mol. The van der Waals surface area contributed by atoms with E-state index >= 15 is 0 Å². The van der Waals surface area contributed by atoms with Crippen LogP contribution in [0, 0.1) is 5.92 Å². The maximum Gasteiger partial charge on any atom is 0.242 e. The summed E-state index contributed by atoms with van der Waals surface area (Å²) >= 11 is 1.63. The monoisotopic (exact) mass is 539 g/mol. The molecule has 0 aliphatic heterocycles. The Bertz CT molecular complexity index is 641. The zero-order chi connectivity index (χ0) is 21.2. The van der Waals surface area contributed by atoms with Gasteiger partial charge in [-0.3, -0.25) is 4.79 Å². The molecule has 29 heavy (non-hydrogen) atoms. The molecule has 8 nitrogen and oxygen atoms in total. The molecule has 1 amide bonds. The number of carbonyl (C=O) groups is 1. The number of hydrogen-bond acceptors (Lipinski definition) is 5. The third kappa shape index (κ3) is 11.7. The fraction of sp³-hybridized carbons (Fsp3) is 0.789. The normalized spacial score (nSPS) is 11.9. The molecule has 3 N–H and O–H groups in total. The fourth-order valence-corrected chi connectivity index (χ4v) is 3.13. The van der Waals surface area contributed by atoms with Crippen LogP contribution in [0.5, 0.6) is 0 Å². The number of guanidine groups is 1. The second-order valence-corrected chi connectivity index (χ2v) is 8.90. The summed E-state index contributed by atoms with van der Waals surface area (Å²) in [5, 5.41) is 19.0. The summed E-state index contributed by atoms with van der Waals surface area (Å²) in [5.41, 5.74) is -0.250. The van der Waals surface area contributed by atoms with Crippen LogP contribution in [-0.4, -0.2) is 58.1 Å². The molecule has 0 aromatic carbocycles. The van der Waals surface area contributed by atoms with Crippen molar-refractivity contribution in [1.29, 1.82) is 0 Å². The Hall–Kier alpha value is -1.04. The zero-order valence-electron chi connectivity index (χ0n) is 18.8. The lowest BCUT2D eigenvalue weighted by molar-refractivity contribution is -0.121. The highest BCUT2D eigenvalue weighted by atomic mass is 127. The SMILES string of the molecule is CCNC(=NCC(=O)NC(C)(C)C)NCCCc1nnc(SC)n1CC(C)C.I. The van der Waals surface area contributed by atoms with Crippen molar-refractivity contribution in [3.63, 3.8) is 0 Å². The topological polar surface area (TPSA) is 96.2 Å². The van der Waals surface area contributed by atoms with Gasteiger partial charge in [-0.1, -0.05) is 25.6 Å². The van der Waals surface area contributed by atoms with Gasteiger partial charge < -0.3 is 20.5 Å². The van der Waals surface area contributed by atoms with Crippen molar-refractivity contribution >= 4 is 47.6 Å². The van der Waals surface area contributed by atoms with Crippen LogP contribution in [0.4, 0.5) is 0 Å². The van der Waals surface area contributed by atoms with E-state index < -0.39 is 0 Å². The molecule has 168 valence electrons. The molecule has 0 spiro atoms. The number of nitrogens with zero attached hydrogens (tertiary/aromatic N) is 4. The molecule has 1 heterocycles. The highest BCUT2D eigenvalue weighted by molar-refractivity contribution is 14.0. The first-order valence-electron chi connectivity index (χ1n) is 9.95. The van der Waals surface area contributed by atoms with Crippen molar-refractivity contribution in [2.75, 3.05) is 25.9 Å². The van der Waals surface area contributed by atoms with E-state index in [1.54, 1.807) is 11.8 Å². The third-order valence-corrected chi connectivity index (χ3v) is 4.30. The lowest BCUT2D eigenvalue weighted by Crippen LogP contribution is -2.43. The third-order valence-electron chi connectivity index (χ3n) is 3.63. The molecule has 0 radical (unpaired) electrons. The molecule has 1 aromatic rings. The Labute approximate surface area is 196 Å². The van der Waals surface area contributed by atoms with Crippen molar-refractivity contribution in [3.8, 4) is 0 Å². The number of aliphatic imine (C=N–C) groups is 1. The molecule has 1 aromatic heterocycles. The second kappa shape index (κ2) is 14.1. The molecule has 0 aliphatic carbocycles. The first-order chi connectivity index (χ1) is 13.2. The number of hydrogen-bond donors (Lipinski definition) is 3. The Morgan fingerprint density at radius 3 is 2.48 bits per heavy atom. The molecule has 0 atom stereocenters. The van der Waals surface area contributed by atoms with E-state index in [9.17, 15) is 4.79 Å². The van der Waals surface area contributed by atoms with Crippen LogP contribution in [0.1, 0.15) is 53.8 Å². The van der Waals surface area contributed by atoms with E-state index in [0.717, 1.165) is 43.5 Å². The first kappa shape index (κ1) is 28.0. The molecule has 1 rings (SSSR count). The Morgan fingerprint density at radius 1 is 1.24 bits per heavy atom. The highest BCUT2D eigenvalue weighted by Crippen LogP contribution is 2.16. The molecule has 0 unspecified atom stereocenters. The number of aryl methyl sites for hydroxylation is 1. The van der Waals surface area contributed by atoms with Crippen LogP contribution in [0.3, 0.4) is 0 Å². The number of halogens is 1. The summed E-state index contributed by atoms with van der Waals surface area (Å²) < 4.78 is 2.21. The van der Waals surface area contributed by atoms with Gasteiger partial charge in [-0.2, -0.15) is 0 Å². The minimum absolute atomic E-state index is 0. The predicted octanol–water partition coefficient (Wildman–Crippen LogP) is 2.68. The number of thioether (sulfide) groups is 1. The van der Waals surface area contributed by atoms with E-state index in [1.165, 1.54) is 0 Å². The Kier molecular flexibility index (Phi) is 13.5. The standard InChI is InChI=1S/C19H37N7OS.HI/c1-8-20-17(22-12-16(27)23-19(4,5)6)21-11-9-10-15-24-25-18(28-7)26(15)13-14(2)3;/h14H,8-13H2,1-7H3,(H,23,27)(H2,20,21,22);1H. The summed E-state index contributed by atoms with van der Waals surface area (Å²) in [4.78, 5) is 16.3. The maximum atomic E-state index is 11.9. The van der Waals surface area contributed by atoms with Gasteiger partial charge in [-0.25, -0.2) is 4.99 Å². The molecule has 0 aliphatic rings. The Morgan fingerprint density at radius 2 is 1.93 bits per heavy atom. The number of aromatic nitrogens is 3. The lowest BCUT2D eigenvalue weighted by Gasteiger charge is -2.20. The summed E-state index contributed by atoms with van der Waals surface area (Å²) in [5.74, 6) is 2.13. The minimum Gasteiger partial charge on any atom is -0.357 e. The summed E-state index contributed by atoms with van der Waals surface area (Å²) in [6, 6.07) is 0. The second-order valence-electron chi connectivity index (χ2n) is 8.13. The smallest absolute Gasteiger partial charge is 0.242 e. The van der Waals surface area contributed by atoms with Crippen LogP contribution < -0.4 is 16.0 Å². The van der Waals surface area contributed by atoms with Crippen molar-refractivity contribution in [2.45, 2.75) is 71.6 Å². The zero-order valence-corrected chi connectivity index (χ0v) is 22.0. The van der Waals surface area contributed by atoms with Crippen molar-refractivity contribution < 1.29 is 4.79 Å². The van der Waals surface area contributed by atoms with Gasteiger partial charge in [0.1, 0.15) is 12.4 Å². The van der Waals surface area contributed by atoms with Crippen molar-refractivity contribution in [1.82, 2.24) is 30.7 Å². The minimum atomic E-state index is -0.250. The number of carbonyl (C=O) groups excluding carboxylic acids is 1. The average Bonchev–Trinajstić information content (AvgIpc) is 2.96. The van der Waals surface area contributed by atoms with Gasteiger partial charge in [0.25, 0.3) is 0 Å². The molecule has 0 saturated heterocycles. The number of rotatable bonds is 10. The van der Waals surface area contributed by atoms with Crippen LogP contribution in [0.25, 0.3) is 0 Å². The molecule has 10 heteroatoms. The molecular weight excluding hydrogens is 501 g/mol. The lowest BCUT2D eigenvalue weighted by atomic mass is 10.1. The van der Waals surface area contributed by atoms with Crippen molar-refractivity contribution in [3.05, 3.63) is 5.82 Å². The van der Waals surface area contributed by atoms with Crippen LogP contribution in [-0.2, 0) is 17.8 Å². The van der Waals surface area contributed by atoms with Gasteiger partial charge in [0.15, 0.2) is 11.1 Å². The summed E-state index contributed by atoms with van der Waals surface area (Å²) in [6.45, 7) is 14.8. The Balaban J connectivity index is 0.00000784. The van der Waals surface area contributed by atoms with Crippen molar-refractivity contribution in [2.24, 2.45) is 10.9 Å². The van der Waals surface area contributed by atoms with Gasteiger partial charge >= 0.3 is 0 Å². The number of nitrogens with one attached hydrogen (secondary N) is 3.